The Balaban J connectivity index is 2.00. The topological polar surface area (TPSA) is 50.9 Å². The Kier molecular flexibility index (Phi) is 4.26. The van der Waals surface area contributed by atoms with E-state index in [4.69, 9.17) is 5.73 Å². The van der Waals surface area contributed by atoms with Gasteiger partial charge in [-0.05, 0) is 40.8 Å². The molecule has 1 aromatic rings. The number of halogens is 1. The van der Waals surface area contributed by atoms with Crippen LogP contribution in [0.15, 0.2) is 16.7 Å². The Morgan fingerprint density at radius 1 is 1.53 bits per heavy atom. The van der Waals surface area contributed by atoms with Crippen LogP contribution in [0.2, 0.25) is 0 Å². The van der Waals surface area contributed by atoms with E-state index in [1.807, 2.05) is 6.07 Å². The summed E-state index contributed by atoms with van der Waals surface area (Å²) in [6.07, 6.45) is 8.23. The number of rotatable bonds is 3. The molecule has 1 aliphatic carbocycles. The molecular formula is C13H20BrN3. The molecule has 3 nitrogen and oxygen atoms in total. The third-order valence-electron chi connectivity index (χ3n) is 3.58. The van der Waals surface area contributed by atoms with Gasteiger partial charge in [0.25, 0.3) is 0 Å². The second kappa shape index (κ2) is 5.71. The molecule has 1 fully saturated rings. The molecule has 0 aromatic carbocycles. The fourth-order valence-corrected chi connectivity index (χ4v) is 2.91. The van der Waals surface area contributed by atoms with E-state index < -0.39 is 0 Å². The smallest absolute Gasteiger partial charge is 0.149 e. The molecule has 94 valence electrons. The van der Waals surface area contributed by atoms with Gasteiger partial charge >= 0.3 is 0 Å². The van der Waals surface area contributed by atoms with E-state index in [-0.39, 0.29) is 0 Å². The summed E-state index contributed by atoms with van der Waals surface area (Å²) in [5, 5.41) is 3.48. The first-order valence-corrected chi connectivity index (χ1v) is 7.16. The summed E-state index contributed by atoms with van der Waals surface area (Å²) in [5.74, 6) is 1.69. The number of anilines is 2. The summed E-state index contributed by atoms with van der Waals surface area (Å²) >= 11 is 3.37. The van der Waals surface area contributed by atoms with Gasteiger partial charge in [0.05, 0.1) is 5.69 Å². The summed E-state index contributed by atoms with van der Waals surface area (Å²) in [6.45, 7) is 2.28. The molecule has 4 heteroatoms. The van der Waals surface area contributed by atoms with Gasteiger partial charge < -0.3 is 11.1 Å². The lowest BCUT2D eigenvalue weighted by atomic mass is 9.84. The molecule has 1 aliphatic rings. The lowest BCUT2D eigenvalue weighted by molar-refractivity contribution is 0.327. The normalized spacial score (nSPS) is 24.6. The van der Waals surface area contributed by atoms with Gasteiger partial charge in [-0.25, -0.2) is 4.98 Å². The SMILES string of the molecule is CCC1CCCC(Nc2ncc(Br)cc2N)C1. The molecule has 2 atom stereocenters. The van der Waals surface area contributed by atoms with Gasteiger partial charge in [-0.3, -0.25) is 0 Å². The van der Waals surface area contributed by atoms with Gasteiger partial charge in [-0.15, -0.1) is 0 Å². The van der Waals surface area contributed by atoms with Crippen LogP contribution in [-0.2, 0) is 0 Å². The van der Waals surface area contributed by atoms with Crippen LogP contribution < -0.4 is 11.1 Å². The Bertz CT molecular complexity index is 381. The molecule has 0 amide bonds. The maximum Gasteiger partial charge on any atom is 0.149 e. The van der Waals surface area contributed by atoms with Gasteiger partial charge in [0.1, 0.15) is 5.82 Å². The van der Waals surface area contributed by atoms with E-state index in [2.05, 4.69) is 33.2 Å². The van der Waals surface area contributed by atoms with Crippen molar-refractivity contribution in [1.82, 2.24) is 4.98 Å². The fraction of sp³-hybridized carbons (Fsp3) is 0.615. The molecule has 1 saturated carbocycles. The summed E-state index contributed by atoms with van der Waals surface area (Å²) < 4.78 is 0.927. The lowest BCUT2D eigenvalue weighted by Crippen LogP contribution is -2.27. The van der Waals surface area contributed by atoms with Crippen molar-refractivity contribution in [2.45, 2.75) is 45.1 Å². The molecule has 0 spiro atoms. The molecule has 1 heterocycles. The van der Waals surface area contributed by atoms with Crippen LogP contribution in [0.5, 0.6) is 0 Å². The number of hydrogen-bond acceptors (Lipinski definition) is 3. The van der Waals surface area contributed by atoms with E-state index in [0.29, 0.717) is 6.04 Å². The summed E-state index contributed by atoms with van der Waals surface area (Å²) in [6, 6.07) is 2.43. The minimum atomic E-state index is 0.532. The van der Waals surface area contributed by atoms with Crippen LogP contribution in [0.4, 0.5) is 11.5 Å². The van der Waals surface area contributed by atoms with E-state index in [9.17, 15) is 0 Å². The van der Waals surface area contributed by atoms with E-state index in [1.165, 1.54) is 32.1 Å². The Hall–Kier alpha value is -0.770. The highest BCUT2D eigenvalue weighted by Gasteiger charge is 2.21. The van der Waals surface area contributed by atoms with E-state index in [1.54, 1.807) is 6.20 Å². The Morgan fingerprint density at radius 2 is 2.35 bits per heavy atom. The van der Waals surface area contributed by atoms with Gasteiger partial charge in [0.2, 0.25) is 0 Å². The molecule has 0 aliphatic heterocycles. The molecule has 0 bridgehead atoms. The number of nitrogens with zero attached hydrogens (tertiary/aromatic N) is 1. The first kappa shape index (κ1) is 12.7. The average Bonchev–Trinajstić information content (AvgIpc) is 2.33. The molecule has 3 N–H and O–H groups in total. The van der Waals surface area contributed by atoms with Crippen molar-refractivity contribution in [2.24, 2.45) is 5.92 Å². The van der Waals surface area contributed by atoms with E-state index in [0.717, 1.165) is 21.9 Å². The first-order chi connectivity index (χ1) is 8.19. The zero-order valence-corrected chi connectivity index (χ0v) is 11.8. The largest absolute Gasteiger partial charge is 0.396 e. The molecule has 1 aromatic heterocycles. The summed E-state index contributed by atoms with van der Waals surface area (Å²) in [5.41, 5.74) is 6.67. The summed E-state index contributed by atoms with van der Waals surface area (Å²) in [7, 11) is 0. The van der Waals surface area contributed by atoms with E-state index >= 15 is 0 Å². The minimum absolute atomic E-state index is 0.532. The first-order valence-electron chi connectivity index (χ1n) is 6.36. The lowest BCUT2D eigenvalue weighted by Gasteiger charge is -2.29. The van der Waals surface area contributed by atoms with Crippen molar-refractivity contribution in [3.05, 3.63) is 16.7 Å². The minimum Gasteiger partial charge on any atom is -0.396 e. The number of pyridine rings is 1. The third-order valence-corrected chi connectivity index (χ3v) is 4.02. The van der Waals surface area contributed by atoms with Crippen molar-refractivity contribution < 1.29 is 0 Å². The van der Waals surface area contributed by atoms with Crippen molar-refractivity contribution >= 4 is 27.4 Å². The van der Waals surface area contributed by atoms with Crippen LogP contribution in [0.25, 0.3) is 0 Å². The van der Waals surface area contributed by atoms with Crippen LogP contribution >= 0.6 is 15.9 Å². The fourth-order valence-electron chi connectivity index (χ4n) is 2.56. The maximum atomic E-state index is 5.95. The molecule has 0 saturated heterocycles. The Labute approximate surface area is 111 Å². The number of hydrogen-bond donors (Lipinski definition) is 2. The van der Waals surface area contributed by atoms with Gasteiger partial charge in [-0.2, -0.15) is 0 Å². The van der Waals surface area contributed by atoms with Crippen LogP contribution in [0.3, 0.4) is 0 Å². The second-order valence-electron chi connectivity index (χ2n) is 4.87. The second-order valence-corrected chi connectivity index (χ2v) is 5.79. The zero-order chi connectivity index (χ0) is 12.3. The number of aromatic nitrogens is 1. The zero-order valence-electron chi connectivity index (χ0n) is 10.2. The highest BCUT2D eigenvalue weighted by Crippen LogP contribution is 2.29. The standard InChI is InChI=1S/C13H20BrN3/c1-2-9-4-3-5-11(6-9)17-13-12(15)7-10(14)8-16-13/h7-9,11H,2-6,15H2,1H3,(H,16,17). The quantitative estimate of drug-likeness (QED) is 0.892. The maximum absolute atomic E-state index is 5.95. The highest BCUT2D eigenvalue weighted by atomic mass is 79.9. The Morgan fingerprint density at radius 3 is 3.06 bits per heavy atom. The molecule has 2 rings (SSSR count). The predicted molar refractivity (Wildman–Crippen MR) is 76.0 cm³/mol. The van der Waals surface area contributed by atoms with Crippen molar-refractivity contribution in [2.75, 3.05) is 11.1 Å². The van der Waals surface area contributed by atoms with Crippen LogP contribution in [-0.4, -0.2) is 11.0 Å². The highest BCUT2D eigenvalue weighted by molar-refractivity contribution is 9.10. The number of nitrogens with two attached hydrogens (primary N) is 1. The van der Waals surface area contributed by atoms with Crippen molar-refractivity contribution in [3.63, 3.8) is 0 Å². The van der Waals surface area contributed by atoms with Crippen LogP contribution in [0.1, 0.15) is 39.0 Å². The molecule has 17 heavy (non-hydrogen) atoms. The van der Waals surface area contributed by atoms with Gasteiger partial charge in [0, 0.05) is 16.7 Å². The third kappa shape index (κ3) is 3.35. The monoisotopic (exact) mass is 297 g/mol. The average molecular weight is 298 g/mol. The van der Waals surface area contributed by atoms with Gasteiger partial charge in [0.15, 0.2) is 0 Å². The predicted octanol–water partition coefficient (Wildman–Crippen LogP) is 3.81. The van der Waals surface area contributed by atoms with Crippen LogP contribution in [0, 0.1) is 5.92 Å². The summed E-state index contributed by atoms with van der Waals surface area (Å²) in [4.78, 5) is 4.34. The molecule has 0 radical (unpaired) electrons. The van der Waals surface area contributed by atoms with Crippen molar-refractivity contribution in [1.29, 1.82) is 0 Å². The molecular weight excluding hydrogens is 278 g/mol. The number of nitrogens with one attached hydrogen (secondary N) is 1. The van der Waals surface area contributed by atoms with Crippen molar-refractivity contribution in [3.8, 4) is 0 Å². The van der Waals surface area contributed by atoms with Gasteiger partial charge in [-0.1, -0.05) is 26.2 Å². The molecule has 2 unspecified atom stereocenters. The number of nitrogen functional groups attached to an aromatic ring is 1.